The van der Waals surface area contributed by atoms with Crippen LogP contribution in [0.25, 0.3) is 0 Å². The molecule has 1 rings (SSSR count). The summed E-state index contributed by atoms with van der Waals surface area (Å²) < 4.78 is 7.44. The molecule has 0 unspecified atom stereocenters. The number of ether oxygens (including phenoxy) is 1. The standard InChI is InChI=1S/C10H16IN3O2/c1-2-16-6-4-12-3-5-14-8-13-7-9(11)10(14)15/h7-8,12H,2-6H2,1H3. The molecule has 16 heavy (non-hydrogen) atoms. The zero-order chi connectivity index (χ0) is 11.8. The van der Waals surface area contributed by atoms with Crippen LogP contribution in [0.3, 0.4) is 0 Å². The molecule has 0 radical (unpaired) electrons. The average Bonchev–Trinajstić information content (AvgIpc) is 2.29. The van der Waals surface area contributed by atoms with E-state index in [9.17, 15) is 4.79 Å². The van der Waals surface area contributed by atoms with Gasteiger partial charge in [-0.2, -0.15) is 0 Å². The maximum atomic E-state index is 11.6. The van der Waals surface area contributed by atoms with E-state index in [1.807, 2.05) is 29.5 Å². The van der Waals surface area contributed by atoms with E-state index in [-0.39, 0.29) is 5.56 Å². The van der Waals surface area contributed by atoms with Gasteiger partial charge in [-0.15, -0.1) is 0 Å². The van der Waals surface area contributed by atoms with Crippen LogP contribution in [0.15, 0.2) is 17.3 Å². The molecule has 0 aliphatic heterocycles. The van der Waals surface area contributed by atoms with E-state index < -0.39 is 0 Å². The summed E-state index contributed by atoms with van der Waals surface area (Å²) in [6.07, 6.45) is 3.14. The number of halogens is 1. The van der Waals surface area contributed by atoms with Gasteiger partial charge in [-0.05, 0) is 29.5 Å². The van der Waals surface area contributed by atoms with E-state index in [0.29, 0.717) is 16.7 Å². The van der Waals surface area contributed by atoms with Gasteiger partial charge >= 0.3 is 0 Å². The second-order valence-electron chi connectivity index (χ2n) is 3.19. The van der Waals surface area contributed by atoms with Crippen LogP contribution in [-0.4, -0.2) is 35.9 Å². The van der Waals surface area contributed by atoms with Crippen molar-refractivity contribution in [3.63, 3.8) is 0 Å². The van der Waals surface area contributed by atoms with Crippen LogP contribution in [0.4, 0.5) is 0 Å². The zero-order valence-corrected chi connectivity index (χ0v) is 11.4. The summed E-state index contributed by atoms with van der Waals surface area (Å²) in [5.41, 5.74) is 0.0159. The molecule has 1 N–H and O–H groups in total. The highest BCUT2D eigenvalue weighted by molar-refractivity contribution is 14.1. The third kappa shape index (κ3) is 4.58. The Kier molecular flexibility index (Phi) is 6.58. The lowest BCUT2D eigenvalue weighted by Gasteiger charge is -2.07. The van der Waals surface area contributed by atoms with Gasteiger partial charge in [0.15, 0.2) is 0 Å². The number of nitrogens with one attached hydrogen (secondary N) is 1. The van der Waals surface area contributed by atoms with Crippen molar-refractivity contribution >= 4 is 22.6 Å². The van der Waals surface area contributed by atoms with Gasteiger partial charge in [0.05, 0.1) is 16.5 Å². The van der Waals surface area contributed by atoms with Crippen molar-refractivity contribution < 1.29 is 4.74 Å². The summed E-state index contributed by atoms with van der Waals surface area (Å²) in [5, 5.41) is 3.20. The molecule has 0 fully saturated rings. The zero-order valence-electron chi connectivity index (χ0n) is 9.28. The van der Waals surface area contributed by atoms with Crippen molar-refractivity contribution in [2.75, 3.05) is 26.3 Å². The normalized spacial score (nSPS) is 10.6. The smallest absolute Gasteiger partial charge is 0.266 e. The van der Waals surface area contributed by atoms with E-state index in [2.05, 4.69) is 10.3 Å². The molecule has 0 saturated heterocycles. The largest absolute Gasteiger partial charge is 0.380 e. The van der Waals surface area contributed by atoms with Crippen LogP contribution >= 0.6 is 22.6 Å². The van der Waals surface area contributed by atoms with Crippen molar-refractivity contribution in [2.24, 2.45) is 0 Å². The van der Waals surface area contributed by atoms with Crippen LogP contribution in [0.2, 0.25) is 0 Å². The van der Waals surface area contributed by atoms with Crippen molar-refractivity contribution in [1.82, 2.24) is 14.9 Å². The molecule has 0 atom stereocenters. The van der Waals surface area contributed by atoms with Gasteiger partial charge in [-0.3, -0.25) is 9.36 Å². The maximum Gasteiger partial charge on any atom is 0.266 e. The van der Waals surface area contributed by atoms with Gasteiger partial charge in [0.25, 0.3) is 5.56 Å². The Morgan fingerprint density at radius 2 is 2.38 bits per heavy atom. The first kappa shape index (κ1) is 13.6. The van der Waals surface area contributed by atoms with E-state index >= 15 is 0 Å². The molecule has 6 heteroatoms. The fraction of sp³-hybridized carbons (Fsp3) is 0.600. The minimum Gasteiger partial charge on any atom is -0.380 e. The Hall–Kier alpha value is -0.470. The molecular formula is C10H16IN3O2. The fourth-order valence-corrected chi connectivity index (χ4v) is 1.67. The summed E-state index contributed by atoms with van der Waals surface area (Å²) in [7, 11) is 0. The highest BCUT2D eigenvalue weighted by Gasteiger charge is 1.99. The first-order valence-electron chi connectivity index (χ1n) is 5.24. The van der Waals surface area contributed by atoms with E-state index in [4.69, 9.17) is 4.74 Å². The molecule has 0 aliphatic rings. The highest BCUT2D eigenvalue weighted by Crippen LogP contribution is 1.92. The minimum atomic E-state index is 0.0159. The number of hydrogen-bond donors (Lipinski definition) is 1. The van der Waals surface area contributed by atoms with Gasteiger partial charge in [-0.1, -0.05) is 0 Å². The molecule has 0 saturated carbocycles. The van der Waals surface area contributed by atoms with E-state index in [1.165, 1.54) is 0 Å². The van der Waals surface area contributed by atoms with Gasteiger partial charge in [0.1, 0.15) is 0 Å². The Morgan fingerprint density at radius 3 is 3.12 bits per heavy atom. The number of nitrogens with zero attached hydrogens (tertiary/aromatic N) is 2. The van der Waals surface area contributed by atoms with Crippen molar-refractivity contribution in [3.05, 3.63) is 26.4 Å². The van der Waals surface area contributed by atoms with Gasteiger partial charge in [-0.25, -0.2) is 4.98 Å². The number of aromatic nitrogens is 2. The molecule has 0 amide bonds. The molecule has 0 aromatic carbocycles. The summed E-state index contributed by atoms with van der Waals surface area (Å²) in [6, 6.07) is 0. The Balaban J connectivity index is 2.27. The Labute approximate surface area is 108 Å². The van der Waals surface area contributed by atoms with Gasteiger partial charge < -0.3 is 10.1 Å². The molecule has 1 heterocycles. The molecule has 0 aliphatic carbocycles. The SMILES string of the molecule is CCOCCNCCn1cncc(I)c1=O. The van der Waals surface area contributed by atoms with Crippen LogP contribution < -0.4 is 10.9 Å². The molecule has 0 bridgehead atoms. The summed E-state index contributed by atoms with van der Waals surface area (Å²) in [5.74, 6) is 0. The monoisotopic (exact) mass is 337 g/mol. The average molecular weight is 337 g/mol. The lowest BCUT2D eigenvalue weighted by Crippen LogP contribution is -2.29. The van der Waals surface area contributed by atoms with Gasteiger partial charge in [0.2, 0.25) is 0 Å². The summed E-state index contributed by atoms with van der Waals surface area (Å²) >= 11 is 1.99. The highest BCUT2D eigenvalue weighted by atomic mass is 127. The van der Waals surface area contributed by atoms with Crippen molar-refractivity contribution in [1.29, 1.82) is 0 Å². The van der Waals surface area contributed by atoms with Gasteiger partial charge in [0, 0.05) is 32.4 Å². The first-order valence-corrected chi connectivity index (χ1v) is 6.32. The number of hydrogen-bond acceptors (Lipinski definition) is 4. The quantitative estimate of drug-likeness (QED) is 0.581. The molecule has 5 nitrogen and oxygen atoms in total. The third-order valence-corrected chi connectivity index (χ3v) is 2.76. The molecule has 1 aromatic heterocycles. The lowest BCUT2D eigenvalue weighted by atomic mass is 10.5. The first-order chi connectivity index (χ1) is 7.75. The Morgan fingerprint density at radius 1 is 1.56 bits per heavy atom. The lowest BCUT2D eigenvalue weighted by molar-refractivity contribution is 0.149. The fourth-order valence-electron chi connectivity index (χ4n) is 1.20. The third-order valence-electron chi connectivity index (χ3n) is 2.02. The topological polar surface area (TPSA) is 56.1 Å². The van der Waals surface area contributed by atoms with E-state index in [1.54, 1.807) is 17.1 Å². The van der Waals surface area contributed by atoms with Crippen LogP contribution in [-0.2, 0) is 11.3 Å². The summed E-state index contributed by atoms with van der Waals surface area (Å²) in [4.78, 5) is 15.6. The van der Waals surface area contributed by atoms with E-state index in [0.717, 1.165) is 19.7 Å². The van der Waals surface area contributed by atoms with Crippen LogP contribution in [0.5, 0.6) is 0 Å². The molecular weight excluding hydrogens is 321 g/mol. The second-order valence-corrected chi connectivity index (χ2v) is 4.35. The number of rotatable bonds is 7. The molecule has 1 aromatic rings. The molecule has 0 spiro atoms. The summed E-state index contributed by atoms with van der Waals surface area (Å²) in [6.45, 7) is 5.60. The maximum absolute atomic E-state index is 11.6. The van der Waals surface area contributed by atoms with Crippen molar-refractivity contribution in [3.8, 4) is 0 Å². The predicted octanol–water partition coefficient (Wildman–Crippen LogP) is 0.474. The molecule has 90 valence electrons. The predicted molar refractivity (Wildman–Crippen MR) is 70.6 cm³/mol. The van der Waals surface area contributed by atoms with Crippen molar-refractivity contribution in [2.45, 2.75) is 13.5 Å². The Bertz CT molecular complexity index is 367. The van der Waals surface area contributed by atoms with Crippen LogP contribution in [0, 0.1) is 3.57 Å². The minimum absolute atomic E-state index is 0.0159. The second kappa shape index (κ2) is 7.75. The van der Waals surface area contributed by atoms with Crippen LogP contribution in [0.1, 0.15) is 6.92 Å².